The molecule has 0 N–H and O–H groups in total. The van der Waals surface area contributed by atoms with E-state index < -0.39 is 5.60 Å². The number of carbonyl (C=O) groups excluding carboxylic acids is 1. The molecule has 0 aromatic heterocycles. The number of rotatable bonds is 3. The predicted octanol–water partition coefficient (Wildman–Crippen LogP) is 4.73. The van der Waals surface area contributed by atoms with Crippen LogP contribution in [-0.2, 0) is 9.53 Å². The normalized spacial score (nSPS) is 23.6. The Morgan fingerprint density at radius 3 is 2.90 bits per heavy atom. The first-order chi connectivity index (χ1) is 10.1. The number of hydrogen-bond donors (Lipinski definition) is 0. The lowest BCUT2D eigenvalue weighted by atomic mass is 9.77. The van der Waals surface area contributed by atoms with Crippen LogP contribution in [-0.4, -0.2) is 11.6 Å². The molecule has 0 radical (unpaired) electrons. The second-order valence-corrected chi connectivity index (χ2v) is 6.22. The summed E-state index contributed by atoms with van der Waals surface area (Å²) in [5.41, 5.74) is 1.57. The molecule has 1 aliphatic rings. The van der Waals surface area contributed by atoms with E-state index in [-0.39, 0.29) is 5.97 Å². The number of hydrogen-bond acceptors (Lipinski definition) is 2. The summed E-state index contributed by atoms with van der Waals surface area (Å²) in [7, 11) is 0. The SMILES string of the molecule is C#CCC1(OC(C)=O)CCCC/C1=C\c1ccccc1Br. The van der Waals surface area contributed by atoms with Gasteiger partial charge in [0.15, 0.2) is 0 Å². The zero-order valence-corrected chi connectivity index (χ0v) is 13.8. The van der Waals surface area contributed by atoms with Crippen LogP contribution in [0.25, 0.3) is 6.08 Å². The number of carbonyl (C=O) groups is 1. The van der Waals surface area contributed by atoms with Crippen LogP contribution in [0.1, 0.15) is 44.6 Å². The third kappa shape index (κ3) is 3.77. The summed E-state index contributed by atoms with van der Waals surface area (Å²) < 4.78 is 6.71. The topological polar surface area (TPSA) is 26.3 Å². The second-order valence-electron chi connectivity index (χ2n) is 5.37. The molecule has 1 saturated carbocycles. The van der Waals surface area contributed by atoms with E-state index in [4.69, 9.17) is 11.2 Å². The van der Waals surface area contributed by atoms with Crippen molar-refractivity contribution in [1.29, 1.82) is 0 Å². The molecule has 2 nitrogen and oxygen atoms in total. The fraction of sp³-hybridized carbons (Fsp3) is 0.389. The summed E-state index contributed by atoms with van der Waals surface area (Å²) in [4.78, 5) is 11.5. The fourth-order valence-electron chi connectivity index (χ4n) is 2.89. The van der Waals surface area contributed by atoms with E-state index in [0.29, 0.717) is 6.42 Å². The van der Waals surface area contributed by atoms with Gasteiger partial charge in [0.05, 0.1) is 6.42 Å². The summed E-state index contributed by atoms with van der Waals surface area (Å²) in [5.74, 6) is 2.41. The smallest absolute Gasteiger partial charge is 0.303 e. The van der Waals surface area contributed by atoms with E-state index in [9.17, 15) is 4.79 Å². The van der Waals surface area contributed by atoms with Crippen molar-refractivity contribution in [1.82, 2.24) is 0 Å². The highest BCUT2D eigenvalue weighted by Crippen LogP contribution is 2.40. The molecule has 0 bridgehead atoms. The largest absolute Gasteiger partial charge is 0.454 e. The molecule has 0 heterocycles. The first kappa shape index (κ1) is 15.9. The minimum Gasteiger partial charge on any atom is -0.454 e. The molecule has 0 spiro atoms. The summed E-state index contributed by atoms with van der Waals surface area (Å²) >= 11 is 3.56. The molecular formula is C18H19BrO2. The van der Waals surface area contributed by atoms with Crippen LogP contribution in [0.2, 0.25) is 0 Å². The van der Waals surface area contributed by atoms with Crippen LogP contribution in [0.15, 0.2) is 34.3 Å². The summed E-state index contributed by atoms with van der Waals surface area (Å²) in [6.45, 7) is 1.45. The second kappa shape index (κ2) is 6.95. The molecule has 1 unspecified atom stereocenters. The first-order valence-corrected chi connectivity index (χ1v) is 7.95. The van der Waals surface area contributed by atoms with Crippen molar-refractivity contribution in [3.05, 3.63) is 39.9 Å². The molecule has 0 amide bonds. The third-order valence-corrected chi connectivity index (χ3v) is 4.55. The molecule has 0 saturated heterocycles. The van der Waals surface area contributed by atoms with E-state index in [1.165, 1.54) is 6.92 Å². The zero-order chi connectivity index (χ0) is 15.3. The average Bonchev–Trinajstić information content (AvgIpc) is 2.43. The van der Waals surface area contributed by atoms with Gasteiger partial charge in [-0.15, -0.1) is 12.3 Å². The molecule has 2 rings (SSSR count). The van der Waals surface area contributed by atoms with Gasteiger partial charge in [0.1, 0.15) is 5.60 Å². The first-order valence-electron chi connectivity index (χ1n) is 7.16. The van der Waals surface area contributed by atoms with Gasteiger partial charge in [0.25, 0.3) is 0 Å². The van der Waals surface area contributed by atoms with Gasteiger partial charge in [-0.3, -0.25) is 4.79 Å². The molecule has 3 heteroatoms. The van der Waals surface area contributed by atoms with Gasteiger partial charge in [0.2, 0.25) is 0 Å². The van der Waals surface area contributed by atoms with Crippen molar-refractivity contribution in [3.63, 3.8) is 0 Å². The Balaban J connectivity index is 2.44. The minimum absolute atomic E-state index is 0.273. The van der Waals surface area contributed by atoms with Crippen molar-refractivity contribution in [2.75, 3.05) is 0 Å². The van der Waals surface area contributed by atoms with E-state index in [2.05, 4.69) is 27.9 Å². The van der Waals surface area contributed by atoms with Crippen molar-refractivity contribution in [2.24, 2.45) is 0 Å². The van der Waals surface area contributed by atoms with Gasteiger partial charge in [0, 0.05) is 11.4 Å². The Morgan fingerprint density at radius 2 is 2.24 bits per heavy atom. The lowest BCUT2D eigenvalue weighted by Gasteiger charge is -2.38. The fourth-order valence-corrected chi connectivity index (χ4v) is 3.29. The molecular weight excluding hydrogens is 328 g/mol. The third-order valence-electron chi connectivity index (χ3n) is 3.82. The maximum atomic E-state index is 11.5. The van der Waals surface area contributed by atoms with E-state index in [0.717, 1.165) is 41.3 Å². The average molecular weight is 347 g/mol. The van der Waals surface area contributed by atoms with Crippen LogP contribution in [0.5, 0.6) is 0 Å². The van der Waals surface area contributed by atoms with E-state index in [1.54, 1.807) is 0 Å². The minimum atomic E-state index is -0.631. The van der Waals surface area contributed by atoms with Gasteiger partial charge >= 0.3 is 5.97 Å². The molecule has 1 fully saturated rings. The Kier molecular flexibility index (Phi) is 5.25. The number of benzene rings is 1. The quantitative estimate of drug-likeness (QED) is 0.584. The summed E-state index contributed by atoms with van der Waals surface area (Å²) in [6, 6.07) is 8.02. The molecule has 1 aromatic rings. The number of terminal acetylenes is 1. The van der Waals surface area contributed by atoms with Crippen molar-refractivity contribution >= 4 is 28.0 Å². The maximum absolute atomic E-state index is 11.5. The molecule has 110 valence electrons. The lowest BCUT2D eigenvalue weighted by molar-refractivity contribution is -0.154. The standard InChI is InChI=1S/C18H19BrO2/c1-3-11-18(21-14(2)20)12-7-6-9-16(18)13-15-8-4-5-10-17(15)19/h1,4-5,8,10,13H,6-7,9,11-12H2,2H3/b16-13+. The van der Waals surface area contributed by atoms with Gasteiger partial charge in [-0.05, 0) is 42.9 Å². The highest BCUT2D eigenvalue weighted by atomic mass is 79.9. The number of halogens is 1. The van der Waals surface area contributed by atoms with E-state index in [1.807, 2.05) is 24.3 Å². The highest BCUT2D eigenvalue weighted by molar-refractivity contribution is 9.10. The Bertz CT molecular complexity index is 597. The van der Waals surface area contributed by atoms with Crippen LogP contribution in [0, 0.1) is 12.3 Å². The van der Waals surface area contributed by atoms with Gasteiger partial charge in [-0.25, -0.2) is 0 Å². The van der Waals surface area contributed by atoms with Gasteiger partial charge < -0.3 is 4.74 Å². The molecule has 0 aliphatic heterocycles. The predicted molar refractivity (Wildman–Crippen MR) is 88.5 cm³/mol. The van der Waals surface area contributed by atoms with Crippen LogP contribution in [0.4, 0.5) is 0 Å². The lowest BCUT2D eigenvalue weighted by Crippen LogP contribution is -2.38. The van der Waals surface area contributed by atoms with Crippen LogP contribution in [0.3, 0.4) is 0 Å². The van der Waals surface area contributed by atoms with Crippen molar-refractivity contribution in [3.8, 4) is 12.3 Å². The molecule has 21 heavy (non-hydrogen) atoms. The molecule has 1 atom stereocenters. The van der Waals surface area contributed by atoms with Crippen LogP contribution >= 0.6 is 15.9 Å². The number of ether oxygens (including phenoxy) is 1. The van der Waals surface area contributed by atoms with Crippen LogP contribution < -0.4 is 0 Å². The molecule has 1 aromatic carbocycles. The summed E-state index contributed by atoms with van der Waals surface area (Å²) in [6.07, 6.45) is 11.9. The monoisotopic (exact) mass is 346 g/mol. The number of esters is 1. The van der Waals surface area contributed by atoms with Crippen molar-refractivity contribution < 1.29 is 9.53 Å². The van der Waals surface area contributed by atoms with Crippen molar-refractivity contribution in [2.45, 2.75) is 44.6 Å². The zero-order valence-electron chi connectivity index (χ0n) is 12.2. The highest BCUT2D eigenvalue weighted by Gasteiger charge is 2.38. The Morgan fingerprint density at radius 1 is 1.48 bits per heavy atom. The van der Waals surface area contributed by atoms with Gasteiger partial charge in [-0.2, -0.15) is 0 Å². The molecule has 1 aliphatic carbocycles. The van der Waals surface area contributed by atoms with Gasteiger partial charge in [-0.1, -0.05) is 40.2 Å². The Hall–Kier alpha value is -1.53. The maximum Gasteiger partial charge on any atom is 0.303 e. The Labute approximate surface area is 134 Å². The van der Waals surface area contributed by atoms with E-state index >= 15 is 0 Å². The summed E-state index contributed by atoms with van der Waals surface area (Å²) in [5, 5.41) is 0.